The first-order valence-corrected chi connectivity index (χ1v) is 5.81. The number of nitrogens with zero attached hydrogens (tertiary/aromatic N) is 1. The van der Waals surface area contributed by atoms with Crippen molar-refractivity contribution >= 4 is 0 Å². The zero-order chi connectivity index (χ0) is 12.1. The Hall–Kier alpha value is -0.120. The second-order valence-corrected chi connectivity index (χ2v) is 5.43. The van der Waals surface area contributed by atoms with E-state index in [1.165, 1.54) is 0 Å². The standard InChI is InChI=1S/C12H28N2O/c1-10(2)15-8-7-14(6)9-12(4,5)11(3)13/h10-11H,7-9,13H2,1-6H3. The Bertz CT molecular complexity index is 167. The Morgan fingerprint density at radius 1 is 1.27 bits per heavy atom. The van der Waals surface area contributed by atoms with Crippen LogP contribution < -0.4 is 5.73 Å². The molecule has 0 amide bonds. The van der Waals surface area contributed by atoms with Gasteiger partial charge in [-0.25, -0.2) is 0 Å². The largest absolute Gasteiger partial charge is 0.377 e. The van der Waals surface area contributed by atoms with Crippen LogP contribution in [0.3, 0.4) is 0 Å². The van der Waals surface area contributed by atoms with Crippen molar-refractivity contribution in [2.24, 2.45) is 11.1 Å². The second-order valence-electron chi connectivity index (χ2n) is 5.43. The molecular formula is C12H28N2O. The minimum Gasteiger partial charge on any atom is -0.377 e. The fourth-order valence-electron chi connectivity index (χ4n) is 1.36. The van der Waals surface area contributed by atoms with E-state index >= 15 is 0 Å². The van der Waals surface area contributed by atoms with Crippen LogP contribution in [0, 0.1) is 5.41 Å². The summed E-state index contributed by atoms with van der Waals surface area (Å²) in [7, 11) is 2.12. The highest BCUT2D eigenvalue weighted by Crippen LogP contribution is 2.19. The van der Waals surface area contributed by atoms with E-state index in [0.717, 1.165) is 19.7 Å². The zero-order valence-electron chi connectivity index (χ0n) is 11.2. The fourth-order valence-corrected chi connectivity index (χ4v) is 1.36. The summed E-state index contributed by atoms with van der Waals surface area (Å²) in [6.45, 7) is 13.4. The Morgan fingerprint density at radius 2 is 1.80 bits per heavy atom. The fraction of sp³-hybridized carbons (Fsp3) is 1.00. The van der Waals surface area contributed by atoms with Gasteiger partial charge in [0.05, 0.1) is 12.7 Å². The molecule has 1 unspecified atom stereocenters. The highest BCUT2D eigenvalue weighted by molar-refractivity contribution is 4.80. The molecule has 0 spiro atoms. The summed E-state index contributed by atoms with van der Waals surface area (Å²) in [5, 5.41) is 0. The molecule has 0 radical (unpaired) electrons. The Labute approximate surface area is 95.0 Å². The van der Waals surface area contributed by atoms with E-state index < -0.39 is 0 Å². The average molecular weight is 216 g/mol. The van der Waals surface area contributed by atoms with Crippen LogP contribution in [0.5, 0.6) is 0 Å². The van der Waals surface area contributed by atoms with E-state index in [2.05, 4.69) is 46.6 Å². The molecule has 0 fully saturated rings. The smallest absolute Gasteiger partial charge is 0.0596 e. The van der Waals surface area contributed by atoms with Crippen LogP contribution in [0.1, 0.15) is 34.6 Å². The molecule has 0 saturated heterocycles. The van der Waals surface area contributed by atoms with Crippen molar-refractivity contribution in [2.45, 2.75) is 46.8 Å². The lowest BCUT2D eigenvalue weighted by Gasteiger charge is -2.33. The number of hydrogen-bond donors (Lipinski definition) is 1. The molecule has 0 aliphatic heterocycles. The summed E-state index contributed by atoms with van der Waals surface area (Å²) < 4.78 is 5.51. The number of nitrogens with two attached hydrogens (primary N) is 1. The van der Waals surface area contributed by atoms with E-state index in [1.54, 1.807) is 0 Å². The van der Waals surface area contributed by atoms with E-state index in [9.17, 15) is 0 Å². The number of likely N-dealkylation sites (N-methyl/N-ethyl adjacent to an activating group) is 1. The first kappa shape index (κ1) is 14.9. The lowest BCUT2D eigenvalue weighted by molar-refractivity contribution is 0.0554. The minimum absolute atomic E-state index is 0.159. The first-order valence-electron chi connectivity index (χ1n) is 5.81. The quantitative estimate of drug-likeness (QED) is 0.704. The van der Waals surface area contributed by atoms with Crippen molar-refractivity contribution in [1.82, 2.24) is 4.90 Å². The van der Waals surface area contributed by atoms with Crippen molar-refractivity contribution in [3.63, 3.8) is 0 Å². The van der Waals surface area contributed by atoms with Crippen LogP contribution >= 0.6 is 0 Å². The molecule has 0 heterocycles. The van der Waals surface area contributed by atoms with Crippen LogP contribution in [-0.4, -0.2) is 43.8 Å². The summed E-state index contributed by atoms with van der Waals surface area (Å²) in [6.07, 6.45) is 0.319. The summed E-state index contributed by atoms with van der Waals surface area (Å²) in [4.78, 5) is 2.28. The predicted octanol–water partition coefficient (Wildman–Crippen LogP) is 1.72. The minimum atomic E-state index is 0.159. The maximum Gasteiger partial charge on any atom is 0.0596 e. The van der Waals surface area contributed by atoms with Gasteiger partial charge in [0.2, 0.25) is 0 Å². The van der Waals surface area contributed by atoms with Gasteiger partial charge in [-0.3, -0.25) is 0 Å². The molecule has 92 valence electrons. The van der Waals surface area contributed by atoms with Gasteiger partial charge in [-0.1, -0.05) is 13.8 Å². The SMILES string of the molecule is CC(C)OCCN(C)CC(C)(C)C(C)N. The summed E-state index contributed by atoms with van der Waals surface area (Å²) in [5.74, 6) is 0. The highest BCUT2D eigenvalue weighted by atomic mass is 16.5. The summed E-state index contributed by atoms with van der Waals surface area (Å²) in [6, 6.07) is 0.214. The van der Waals surface area contributed by atoms with Crippen LogP contribution in [0.25, 0.3) is 0 Å². The van der Waals surface area contributed by atoms with Crippen LogP contribution in [0.15, 0.2) is 0 Å². The van der Waals surface area contributed by atoms with Gasteiger partial charge in [0.15, 0.2) is 0 Å². The molecule has 3 heteroatoms. The van der Waals surface area contributed by atoms with Crippen LogP contribution in [0.4, 0.5) is 0 Å². The molecular weight excluding hydrogens is 188 g/mol. The third kappa shape index (κ3) is 6.88. The molecule has 1 atom stereocenters. The van der Waals surface area contributed by atoms with Crippen molar-refractivity contribution in [2.75, 3.05) is 26.7 Å². The van der Waals surface area contributed by atoms with E-state index in [4.69, 9.17) is 10.5 Å². The van der Waals surface area contributed by atoms with Crippen LogP contribution in [0.2, 0.25) is 0 Å². The van der Waals surface area contributed by atoms with Gasteiger partial charge in [-0.15, -0.1) is 0 Å². The Morgan fingerprint density at radius 3 is 2.20 bits per heavy atom. The van der Waals surface area contributed by atoms with Crippen LogP contribution in [-0.2, 0) is 4.74 Å². The molecule has 3 nitrogen and oxygen atoms in total. The normalized spacial score (nSPS) is 15.0. The number of ether oxygens (including phenoxy) is 1. The van der Waals surface area contributed by atoms with Gasteiger partial charge in [0.1, 0.15) is 0 Å². The van der Waals surface area contributed by atoms with Gasteiger partial charge >= 0.3 is 0 Å². The van der Waals surface area contributed by atoms with Crippen molar-refractivity contribution in [1.29, 1.82) is 0 Å². The number of rotatable bonds is 7. The molecule has 0 aromatic carbocycles. The molecule has 2 N–H and O–H groups in total. The second kappa shape index (κ2) is 6.46. The molecule has 0 saturated carbocycles. The van der Waals surface area contributed by atoms with Gasteiger partial charge < -0.3 is 15.4 Å². The van der Waals surface area contributed by atoms with Gasteiger partial charge in [-0.2, -0.15) is 0 Å². The highest BCUT2D eigenvalue weighted by Gasteiger charge is 2.24. The van der Waals surface area contributed by atoms with Crippen molar-refractivity contribution in [3.05, 3.63) is 0 Å². The molecule has 15 heavy (non-hydrogen) atoms. The van der Waals surface area contributed by atoms with E-state index in [-0.39, 0.29) is 11.5 Å². The van der Waals surface area contributed by atoms with Gasteiger partial charge in [-0.05, 0) is 33.2 Å². The third-order valence-corrected chi connectivity index (χ3v) is 2.83. The molecule has 0 aliphatic rings. The molecule has 0 rings (SSSR count). The summed E-state index contributed by atoms with van der Waals surface area (Å²) >= 11 is 0. The molecule has 0 aromatic rings. The summed E-state index contributed by atoms with van der Waals surface area (Å²) in [5.41, 5.74) is 6.10. The van der Waals surface area contributed by atoms with Crippen molar-refractivity contribution < 1.29 is 4.74 Å². The molecule has 0 aromatic heterocycles. The maximum atomic E-state index is 5.94. The maximum absolute atomic E-state index is 5.94. The Kier molecular flexibility index (Phi) is 6.41. The molecule has 0 bridgehead atoms. The van der Waals surface area contributed by atoms with Gasteiger partial charge in [0.25, 0.3) is 0 Å². The lowest BCUT2D eigenvalue weighted by Crippen LogP contribution is -2.43. The van der Waals surface area contributed by atoms with E-state index in [1.807, 2.05) is 0 Å². The predicted molar refractivity (Wildman–Crippen MR) is 66.0 cm³/mol. The monoisotopic (exact) mass is 216 g/mol. The first-order chi connectivity index (χ1) is 6.75. The third-order valence-electron chi connectivity index (χ3n) is 2.83. The number of hydrogen-bond acceptors (Lipinski definition) is 3. The van der Waals surface area contributed by atoms with Crippen molar-refractivity contribution in [3.8, 4) is 0 Å². The zero-order valence-corrected chi connectivity index (χ0v) is 11.2. The average Bonchev–Trinajstić information content (AvgIpc) is 2.01. The topological polar surface area (TPSA) is 38.5 Å². The lowest BCUT2D eigenvalue weighted by atomic mass is 9.85. The van der Waals surface area contributed by atoms with Gasteiger partial charge in [0, 0.05) is 19.1 Å². The molecule has 0 aliphatic carbocycles. The Balaban J connectivity index is 3.78. The van der Waals surface area contributed by atoms with E-state index in [0.29, 0.717) is 6.10 Å².